The van der Waals surface area contributed by atoms with E-state index < -0.39 is 0 Å². The number of carbonyl (C=O) groups is 1. The van der Waals surface area contributed by atoms with Gasteiger partial charge in [-0.3, -0.25) is 10.4 Å². The van der Waals surface area contributed by atoms with Crippen molar-refractivity contribution in [3.8, 4) is 5.75 Å². The van der Waals surface area contributed by atoms with Gasteiger partial charge in [0.1, 0.15) is 11.6 Å². The number of aromatic nitrogens is 3. The molecule has 0 aliphatic carbocycles. The summed E-state index contributed by atoms with van der Waals surface area (Å²) in [5.74, 6) is 1.88. The number of benzene rings is 1. The minimum Gasteiger partial charge on any atom is -0.497 e. The minimum absolute atomic E-state index is 0.294. The first-order valence-corrected chi connectivity index (χ1v) is 7.30. The van der Waals surface area contributed by atoms with E-state index in [0.29, 0.717) is 12.5 Å². The quantitative estimate of drug-likeness (QED) is 0.730. The summed E-state index contributed by atoms with van der Waals surface area (Å²) >= 11 is 0. The molecule has 2 aromatic rings. The summed E-state index contributed by atoms with van der Waals surface area (Å²) < 4.78 is 5.16. The maximum Gasteiger partial charge on any atom is 0.321 e. The van der Waals surface area contributed by atoms with Crippen molar-refractivity contribution in [2.45, 2.75) is 26.2 Å². The Morgan fingerprint density at radius 1 is 1.36 bits per heavy atom. The molecule has 1 aromatic carbocycles. The second-order valence-corrected chi connectivity index (χ2v) is 4.84. The molecule has 0 bridgehead atoms. The van der Waals surface area contributed by atoms with Crippen LogP contribution in [0.4, 0.5) is 10.7 Å². The topological polar surface area (TPSA) is 91.9 Å². The molecule has 0 aliphatic heterocycles. The zero-order valence-electron chi connectivity index (χ0n) is 12.8. The molecule has 2 amide bonds. The van der Waals surface area contributed by atoms with Gasteiger partial charge in [0, 0.05) is 13.0 Å². The van der Waals surface area contributed by atoms with Crippen molar-refractivity contribution in [2.75, 3.05) is 19.0 Å². The maximum atomic E-state index is 11.8. The number of methoxy groups -OCH3 is 1. The molecule has 118 valence electrons. The van der Waals surface area contributed by atoms with Gasteiger partial charge in [0.25, 0.3) is 0 Å². The van der Waals surface area contributed by atoms with Crippen LogP contribution in [0.1, 0.15) is 24.7 Å². The number of hydrogen-bond acceptors (Lipinski definition) is 4. The Bertz CT molecular complexity index is 611. The van der Waals surface area contributed by atoms with Gasteiger partial charge in [-0.05, 0) is 30.5 Å². The first-order chi connectivity index (χ1) is 10.7. The van der Waals surface area contributed by atoms with Crippen molar-refractivity contribution in [2.24, 2.45) is 0 Å². The van der Waals surface area contributed by atoms with Crippen molar-refractivity contribution < 1.29 is 9.53 Å². The second kappa shape index (κ2) is 8.02. The Balaban J connectivity index is 1.75. The average Bonchev–Trinajstić information content (AvgIpc) is 2.95. The van der Waals surface area contributed by atoms with Crippen LogP contribution in [0, 0.1) is 0 Å². The number of aryl methyl sites for hydroxylation is 1. The normalized spacial score (nSPS) is 10.3. The molecule has 1 aromatic heterocycles. The van der Waals surface area contributed by atoms with Gasteiger partial charge in [0.2, 0.25) is 5.95 Å². The van der Waals surface area contributed by atoms with Gasteiger partial charge in [0.05, 0.1) is 7.11 Å². The number of H-pyrrole nitrogens is 1. The highest BCUT2D eigenvalue weighted by Gasteiger charge is 2.06. The molecule has 0 spiro atoms. The zero-order valence-corrected chi connectivity index (χ0v) is 12.8. The summed E-state index contributed by atoms with van der Waals surface area (Å²) in [5.41, 5.74) is 1.10. The van der Waals surface area contributed by atoms with Crippen molar-refractivity contribution in [3.63, 3.8) is 0 Å². The molecule has 1 heterocycles. The average molecular weight is 303 g/mol. The van der Waals surface area contributed by atoms with Gasteiger partial charge < -0.3 is 10.1 Å². The van der Waals surface area contributed by atoms with Crippen LogP contribution in [0.2, 0.25) is 0 Å². The molecule has 2 rings (SSSR count). The lowest BCUT2D eigenvalue weighted by atomic mass is 10.1. The number of rotatable bonds is 7. The van der Waals surface area contributed by atoms with Crippen LogP contribution in [0.25, 0.3) is 0 Å². The predicted octanol–water partition coefficient (Wildman–Crippen LogP) is 2.13. The van der Waals surface area contributed by atoms with E-state index in [2.05, 4.69) is 32.7 Å². The van der Waals surface area contributed by atoms with Crippen molar-refractivity contribution in [3.05, 3.63) is 35.7 Å². The summed E-state index contributed by atoms with van der Waals surface area (Å²) in [6, 6.07) is 7.45. The Morgan fingerprint density at radius 3 is 3.00 bits per heavy atom. The number of amides is 2. The van der Waals surface area contributed by atoms with E-state index in [1.54, 1.807) is 7.11 Å². The molecule has 0 unspecified atom stereocenters. The molecule has 0 fully saturated rings. The highest BCUT2D eigenvalue weighted by molar-refractivity contribution is 5.87. The largest absolute Gasteiger partial charge is 0.497 e. The number of urea groups is 1. The Labute approximate surface area is 129 Å². The maximum absolute atomic E-state index is 11.8. The highest BCUT2D eigenvalue weighted by atomic mass is 16.5. The minimum atomic E-state index is -0.315. The van der Waals surface area contributed by atoms with Gasteiger partial charge in [-0.2, -0.15) is 4.98 Å². The van der Waals surface area contributed by atoms with Gasteiger partial charge in [-0.1, -0.05) is 19.1 Å². The van der Waals surface area contributed by atoms with E-state index in [1.165, 1.54) is 0 Å². The van der Waals surface area contributed by atoms with Gasteiger partial charge in [0.15, 0.2) is 0 Å². The van der Waals surface area contributed by atoms with E-state index in [9.17, 15) is 4.79 Å². The van der Waals surface area contributed by atoms with Crippen molar-refractivity contribution >= 4 is 12.0 Å². The molecule has 0 atom stereocenters. The Kier molecular flexibility index (Phi) is 5.76. The number of anilines is 1. The third kappa shape index (κ3) is 4.76. The summed E-state index contributed by atoms with van der Waals surface area (Å²) in [5, 5.41) is 12.1. The third-order valence-corrected chi connectivity index (χ3v) is 3.08. The number of ether oxygens (including phenoxy) is 1. The molecule has 0 saturated heterocycles. The fourth-order valence-corrected chi connectivity index (χ4v) is 1.99. The molecular weight excluding hydrogens is 282 g/mol. The zero-order chi connectivity index (χ0) is 15.8. The summed E-state index contributed by atoms with van der Waals surface area (Å²) in [6.45, 7) is 2.58. The van der Waals surface area contributed by atoms with E-state index in [4.69, 9.17) is 4.74 Å². The SMILES string of the molecule is CCCc1nc(NC(=O)NCCc2cccc(OC)c2)n[nH]1. The van der Waals surface area contributed by atoms with Crippen molar-refractivity contribution in [1.29, 1.82) is 0 Å². The Hall–Kier alpha value is -2.57. The van der Waals surface area contributed by atoms with E-state index in [-0.39, 0.29) is 6.03 Å². The van der Waals surface area contributed by atoms with E-state index >= 15 is 0 Å². The lowest BCUT2D eigenvalue weighted by molar-refractivity contribution is 0.252. The van der Waals surface area contributed by atoms with Gasteiger partial charge in [-0.25, -0.2) is 4.79 Å². The van der Waals surface area contributed by atoms with Gasteiger partial charge >= 0.3 is 6.03 Å². The van der Waals surface area contributed by atoms with Crippen LogP contribution in [-0.4, -0.2) is 34.9 Å². The highest BCUT2D eigenvalue weighted by Crippen LogP contribution is 2.12. The van der Waals surface area contributed by atoms with E-state index in [1.807, 2.05) is 24.3 Å². The first-order valence-electron chi connectivity index (χ1n) is 7.30. The molecule has 7 nitrogen and oxygen atoms in total. The lowest BCUT2D eigenvalue weighted by Gasteiger charge is -2.06. The van der Waals surface area contributed by atoms with Crippen molar-refractivity contribution in [1.82, 2.24) is 20.5 Å². The molecule has 0 aliphatic rings. The lowest BCUT2D eigenvalue weighted by Crippen LogP contribution is -2.30. The summed E-state index contributed by atoms with van der Waals surface area (Å²) in [7, 11) is 1.63. The summed E-state index contributed by atoms with van der Waals surface area (Å²) in [4.78, 5) is 15.9. The molecular formula is C15H21N5O2. The fourth-order valence-electron chi connectivity index (χ4n) is 1.99. The van der Waals surface area contributed by atoms with Crippen LogP contribution in [0.15, 0.2) is 24.3 Å². The van der Waals surface area contributed by atoms with Gasteiger partial charge in [-0.15, -0.1) is 5.10 Å². The number of nitrogens with zero attached hydrogens (tertiary/aromatic N) is 2. The number of hydrogen-bond donors (Lipinski definition) is 3. The molecule has 0 saturated carbocycles. The number of aromatic amines is 1. The van der Waals surface area contributed by atoms with Crippen LogP contribution in [-0.2, 0) is 12.8 Å². The van der Waals surface area contributed by atoms with Crippen LogP contribution < -0.4 is 15.4 Å². The summed E-state index contributed by atoms with van der Waals surface area (Å²) in [6.07, 6.45) is 2.51. The third-order valence-electron chi connectivity index (χ3n) is 3.08. The number of nitrogens with one attached hydrogen (secondary N) is 3. The number of carbonyl (C=O) groups excluding carboxylic acids is 1. The van der Waals surface area contributed by atoms with E-state index in [0.717, 1.165) is 36.4 Å². The Morgan fingerprint density at radius 2 is 2.23 bits per heavy atom. The van der Waals surface area contributed by atoms with Crippen LogP contribution >= 0.6 is 0 Å². The standard InChI is InChI=1S/C15H21N5O2/c1-3-5-13-17-14(20-19-13)18-15(21)16-9-8-11-6-4-7-12(10-11)22-2/h4,6-7,10H,3,5,8-9H2,1-2H3,(H3,16,17,18,19,20,21). The molecule has 22 heavy (non-hydrogen) atoms. The molecule has 3 N–H and O–H groups in total. The predicted molar refractivity (Wildman–Crippen MR) is 84.1 cm³/mol. The second-order valence-electron chi connectivity index (χ2n) is 4.84. The molecule has 0 radical (unpaired) electrons. The molecule has 7 heteroatoms. The fraction of sp³-hybridized carbons (Fsp3) is 0.400. The first kappa shape index (κ1) is 15.8. The smallest absolute Gasteiger partial charge is 0.321 e. The van der Waals surface area contributed by atoms with Crippen LogP contribution in [0.3, 0.4) is 0 Å². The monoisotopic (exact) mass is 303 g/mol. The van der Waals surface area contributed by atoms with Crippen LogP contribution in [0.5, 0.6) is 5.75 Å².